The number of ether oxygens (including phenoxy) is 1. The van der Waals surface area contributed by atoms with Gasteiger partial charge in [0.1, 0.15) is 17.4 Å². The molecule has 1 aliphatic rings. The van der Waals surface area contributed by atoms with E-state index in [1.54, 1.807) is 27.7 Å². The number of nitro groups is 1. The van der Waals surface area contributed by atoms with Gasteiger partial charge in [-0.25, -0.2) is 13.2 Å². The van der Waals surface area contributed by atoms with E-state index in [9.17, 15) is 38.3 Å². The van der Waals surface area contributed by atoms with Crippen molar-refractivity contribution in [3.8, 4) is 0 Å². The molecule has 12 nitrogen and oxygen atoms in total. The van der Waals surface area contributed by atoms with Crippen molar-refractivity contribution in [2.45, 2.75) is 96.6 Å². The highest BCUT2D eigenvalue weighted by Crippen LogP contribution is 2.36. The second-order valence-electron chi connectivity index (χ2n) is 12.2. The first kappa shape index (κ1) is 35.0. The molecule has 0 unspecified atom stereocenters. The highest BCUT2D eigenvalue weighted by atomic mass is 32.2. The van der Waals surface area contributed by atoms with Crippen molar-refractivity contribution in [1.29, 1.82) is 0 Å². The number of nitro benzene ring substituents is 1. The fraction of sp³-hybridized carbons (Fsp3) is 0.621. The van der Waals surface area contributed by atoms with Crippen LogP contribution in [0, 0.1) is 15.5 Å². The van der Waals surface area contributed by atoms with Crippen molar-refractivity contribution < 1.29 is 37.9 Å². The number of aliphatic hydroxyl groups excluding tert-OH is 2. The van der Waals surface area contributed by atoms with E-state index in [1.165, 1.54) is 18.2 Å². The lowest BCUT2D eigenvalue weighted by Crippen LogP contribution is -2.34. The van der Waals surface area contributed by atoms with Gasteiger partial charge in [-0.05, 0) is 64.9 Å². The molecular weight excluding hydrogens is 566 g/mol. The van der Waals surface area contributed by atoms with Crippen molar-refractivity contribution in [3.63, 3.8) is 0 Å². The first-order valence-corrected chi connectivity index (χ1v) is 15.4. The average molecular weight is 610 g/mol. The maximum absolute atomic E-state index is 13.4. The predicted octanol–water partition coefficient (Wildman–Crippen LogP) is 4.51. The number of carbonyl (C=O) groups is 2. The number of unbranched alkanes of at least 4 members (excludes halogenated alkanes) is 1. The molecular formula is C29H43N3O9S. The van der Waals surface area contributed by atoms with Gasteiger partial charge in [0, 0.05) is 44.3 Å². The topological polar surface area (TPSA) is 177 Å². The first-order valence-electron chi connectivity index (χ1n) is 14.0. The number of aliphatic hydroxyl groups is 2. The molecule has 13 heteroatoms. The molecule has 2 N–H and O–H groups in total. The molecule has 0 aliphatic heterocycles. The van der Waals surface area contributed by atoms with Crippen LogP contribution in [0.15, 0.2) is 45.5 Å². The standard InChI is InChI=1S/C29H43N3O9S/c1-20(26-23(34)18-29(5,6)19-24(26)35)30-21(27(36)41-28(2,3)4)12-9-10-15-31(16-11-17-33)42(39,40)25-14-8-7-13-22(25)32(37)38/h7-8,13-14,21,33-34H,9-12,15-19H2,1-6H3/t21-/m0/s1. The van der Waals surface area contributed by atoms with Crippen LogP contribution in [0.1, 0.15) is 80.1 Å². The Kier molecular flexibility index (Phi) is 12.0. The second kappa shape index (κ2) is 14.3. The van der Waals surface area contributed by atoms with E-state index >= 15 is 0 Å². The highest BCUT2D eigenvalue weighted by Gasteiger charge is 2.35. The van der Waals surface area contributed by atoms with Crippen LogP contribution in [0.25, 0.3) is 0 Å². The number of carbonyl (C=O) groups excluding carboxylic acids is 2. The number of sulfonamides is 1. The summed E-state index contributed by atoms with van der Waals surface area (Å²) in [5.41, 5.74) is -1.40. The van der Waals surface area contributed by atoms with Gasteiger partial charge in [-0.2, -0.15) is 4.31 Å². The summed E-state index contributed by atoms with van der Waals surface area (Å²) in [6.07, 6.45) is 1.44. The van der Waals surface area contributed by atoms with E-state index in [0.717, 1.165) is 10.4 Å². The van der Waals surface area contributed by atoms with Gasteiger partial charge in [0.15, 0.2) is 10.7 Å². The number of esters is 1. The van der Waals surface area contributed by atoms with Crippen LogP contribution in [0.5, 0.6) is 0 Å². The van der Waals surface area contributed by atoms with Crippen molar-refractivity contribution in [3.05, 3.63) is 45.7 Å². The van der Waals surface area contributed by atoms with E-state index in [0.29, 0.717) is 12.8 Å². The van der Waals surface area contributed by atoms with Crippen LogP contribution >= 0.6 is 0 Å². The van der Waals surface area contributed by atoms with Crippen LogP contribution in [-0.4, -0.2) is 76.7 Å². The number of nitrogens with zero attached hydrogens (tertiary/aromatic N) is 3. The van der Waals surface area contributed by atoms with Gasteiger partial charge >= 0.3 is 5.97 Å². The lowest BCUT2D eigenvalue weighted by molar-refractivity contribution is -0.387. The monoisotopic (exact) mass is 609 g/mol. The number of hydrogen-bond acceptors (Lipinski definition) is 10. The number of rotatable bonds is 14. The molecule has 0 bridgehead atoms. The highest BCUT2D eigenvalue weighted by molar-refractivity contribution is 7.89. The Morgan fingerprint density at radius 1 is 1.17 bits per heavy atom. The van der Waals surface area contributed by atoms with Crippen LogP contribution in [0.3, 0.4) is 0 Å². The third-order valence-corrected chi connectivity index (χ3v) is 8.57. The molecule has 0 saturated carbocycles. The quantitative estimate of drug-likeness (QED) is 0.101. The Morgan fingerprint density at radius 2 is 1.79 bits per heavy atom. The Labute approximate surface area is 247 Å². The Bertz CT molecular complexity index is 1330. The molecule has 1 aliphatic carbocycles. The summed E-state index contributed by atoms with van der Waals surface area (Å²) in [7, 11) is -4.26. The number of aliphatic imine (C=N–C) groups is 1. The average Bonchev–Trinajstić information content (AvgIpc) is 2.85. The number of benzene rings is 1. The molecule has 0 saturated heterocycles. The van der Waals surface area contributed by atoms with E-state index in [2.05, 4.69) is 4.99 Å². The SMILES string of the molecule is CC(=N[C@@H](CCCCN(CCCO)S(=O)(=O)c1ccccc1[N+](=O)[O-])C(=O)OC(C)(C)C)C1=C(O)CC(C)(C)CC1=O. The minimum absolute atomic E-state index is 0.0162. The zero-order valence-electron chi connectivity index (χ0n) is 25.3. The molecule has 42 heavy (non-hydrogen) atoms. The van der Waals surface area contributed by atoms with E-state index in [4.69, 9.17) is 4.74 Å². The molecule has 0 aromatic heterocycles. The van der Waals surface area contributed by atoms with Crippen LogP contribution in [0.4, 0.5) is 5.69 Å². The fourth-order valence-electron chi connectivity index (χ4n) is 4.79. The Balaban J connectivity index is 2.27. The molecule has 0 radical (unpaired) electrons. The van der Waals surface area contributed by atoms with Crippen molar-refractivity contribution >= 4 is 33.2 Å². The van der Waals surface area contributed by atoms with Gasteiger partial charge in [-0.3, -0.25) is 19.9 Å². The lowest BCUT2D eigenvalue weighted by atomic mass is 9.75. The molecule has 0 spiro atoms. The van der Waals surface area contributed by atoms with Gasteiger partial charge in [0.2, 0.25) is 10.0 Å². The first-order chi connectivity index (χ1) is 19.4. The molecule has 0 amide bonds. The Hall–Kier alpha value is -3.16. The minimum Gasteiger partial charge on any atom is -0.511 e. The van der Waals surface area contributed by atoms with Gasteiger partial charge < -0.3 is 14.9 Å². The van der Waals surface area contributed by atoms with Gasteiger partial charge in [0.05, 0.1) is 10.5 Å². The van der Waals surface area contributed by atoms with Crippen LogP contribution < -0.4 is 0 Å². The van der Waals surface area contributed by atoms with Gasteiger partial charge in [0.25, 0.3) is 5.69 Å². The zero-order chi connectivity index (χ0) is 31.9. The third-order valence-electron chi connectivity index (χ3n) is 6.62. The number of allylic oxidation sites excluding steroid dienone is 2. The molecule has 0 fully saturated rings. The molecule has 2 rings (SSSR count). The summed E-state index contributed by atoms with van der Waals surface area (Å²) in [6.45, 7) is 10.1. The van der Waals surface area contributed by atoms with Crippen molar-refractivity contribution in [1.82, 2.24) is 4.31 Å². The summed E-state index contributed by atoms with van der Waals surface area (Å²) in [5.74, 6) is -0.942. The van der Waals surface area contributed by atoms with Crippen LogP contribution in [-0.2, 0) is 24.3 Å². The van der Waals surface area contributed by atoms with E-state index in [-0.39, 0.29) is 68.2 Å². The molecule has 1 aromatic carbocycles. The number of Topliss-reactive ketones (excluding diaryl/α,β-unsaturated/α-hetero) is 1. The summed E-state index contributed by atoms with van der Waals surface area (Å²) in [4.78, 5) is 40.6. The molecule has 1 aromatic rings. The van der Waals surface area contributed by atoms with Gasteiger partial charge in [-0.15, -0.1) is 0 Å². The fourth-order valence-corrected chi connectivity index (χ4v) is 6.47. The second-order valence-corrected chi connectivity index (χ2v) is 14.1. The zero-order valence-corrected chi connectivity index (χ0v) is 26.1. The van der Waals surface area contributed by atoms with Crippen molar-refractivity contribution in [2.75, 3.05) is 19.7 Å². The summed E-state index contributed by atoms with van der Waals surface area (Å²) in [5, 5.41) is 31.4. The maximum Gasteiger partial charge on any atom is 0.331 e. The van der Waals surface area contributed by atoms with Crippen molar-refractivity contribution in [2.24, 2.45) is 10.4 Å². The predicted molar refractivity (Wildman–Crippen MR) is 158 cm³/mol. The molecule has 234 valence electrons. The summed E-state index contributed by atoms with van der Waals surface area (Å²) in [6, 6.07) is 4.07. The minimum atomic E-state index is -4.26. The number of para-hydroxylation sites is 1. The number of ketones is 1. The van der Waals surface area contributed by atoms with Gasteiger partial charge in [-0.1, -0.05) is 26.0 Å². The largest absolute Gasteiger partial charge is 0.511 e. The maximum atomic E-state index is 13.4. The number of hydrogen-bond donors (Lipinski definition) is 2. The molecule has 0 heterocycles. The third kappa shape index (κ3) is 9.70. The van der Waals surface area contributed by atoms with E-state index in [1.807, 2.05) is 13.8 Å². The summed E-state index contributed by atoms with van der Waals surface area (Å²) < 4.78 is 33.4. The summed E-state index contributed by atoms with van der Waals surface area (Å²) >= 11 is 0. The Morgan fingerprint density at radius 3 is 2.36 bits per heavy atom. The van der Waals surface area contributed by atoms with E-state index < -0.39 is 48.6 Å². The molecule has 1 atom stereocenters. The normalized spacial score (nSPS) is 17.0. The smallest absolute Gasteiger partial charge is 0.331 e. The lowest BCUT2D eigenvalue weighted by Gasteiger charge is -2.30. The van der Waals surface area contributed by atoms with Crippen LogP contribution in [0.2, 0.25) is 0 Å².